The minimum atomic E-state index is -2.99. The molecule has 112 valence electrons. The van der Waals surface area contributed by atoms with Gasteiger partial charge in [0.1, 0.15) is 6.04 Å². The lowest BCUT2D eigenvalue weighted by Gasteiger charge is -2.17. The number of carbonyl (C=O) groups excluding carboxylic acids is 1. The summed E-state index contributed by atoms with van der Waals surface area (Å²) in [5, 5.41) is 2.82. The molecular formula is C14H17N3O3S. The van der Waals surface area contributed by atoms with Crippen LogP contribution in [0.5, 0.6) is 0 Å². The normalized spacial score (nSPS) is 22.2. The lowest BCUT2D eigenvalue weighted by molar-refractivity contribution is -0.124. The first kappa shape index (κ1) is 14.1. The van der Waals surface area contributed by atoms with Gasteiger partial charge >= 0.3 is 0 Å². The highest BCUT2D eigenvalue weighted by Gasteiger charge is 2.30. The molecule has 2 atom stereocenters. The van der Waals surface area contributed by atoms with Gasteiger partial charge in [-0.25, -0.2) is 13.4 Å². The average molecular weight is 307 g/mol. The monoisotopic (exact) mass is 307 g/mol. The fourth-order valence-electron chi connectivity index (χ4n) is 2.64. The number of imidazole rings is 1. The number of nitrogens with zero attached hydrogens (tertiary/aromatic N) is 2. The molecule has 1 aliphatic rings. The highest BCUT2D eigenvalue weighted by molar-refractivity contribution is 7.91. The van der Waals surface area contributed by atoms with Crippen molar-refractivity contribution >= 4 is 26.8 Å². The lowest BCUT2D eigenvalue weighted by Crippen LogP contribution is -2.39. The highest BCUT2D eigenvalue weighted by atomic mass is 32.2. The van der Waals surface area contributed by atoms with Crippen LogP contribution >= 0.6 is 0 Å². The summed E-state index contributed by atoms with van der Waals surface area (Å²) < 4.78 is 24.7. The summed E-state index contributed by atoms with van der Waals surface area (Å²) in [6, 6.07) is 6.88. The van der Waals surface area contributed by atoms with Gasteiger partial charge in [-0.3, -0.25) is 4.79 Å². The summed E-state index contributed by atoms with van der Waals surface area (Å²) in [6.07, 6.45) is 2.13. The van der Waals surface area contributed by atoms with Gasteiger partial charge < -0.3 is 9.88 Å². The van der Waals surface area contributed by atoms with Crippen LogP contribution in [0.3, 0.4) is 0 Å². The van der Waals surface area contributed by atoms with Gasteiger partial charge in [0.05, 0.1) is 28.9 Å². The number of sulfone groups is 1. The molecule has 2 aromatic rings. The van der Waals surface area contributed by atoms with Gasteiger partial charge in [-0.1, -0.05) is 12.1 Å². The van der Waals surface area contributed by atoms with Crippen LogP contribution in [-0.4, -0.2) is 41.4 Å². The Hall–Kier alpha value is -1.89. The van der Waals surface area contributed by atoms with E-state index in [-0.39, 0.29) is 23.5 Å². The first-order chi connectivity index (χ1) is 9.96. The summed E-state index contributed by atoms with van der Waals surface area (Å²) in [5.74, 6) is 0.0106. The highest BCUT2D eigenvalue weighted by Crippen LogP contribution is 2.18. The van der Waals surface area contributed by atoms with Crippen molar-refractivity contribution in [1.82, 2.24) is 14.9 Å². The number of para-hydroxylation sites is 2. The molecule has 21 heavy (non-hydrogen) atoms. The molecule has 1 amide bonds. The van der Waals surface area contributed by atoms with Crippen LogP contribution < -0.4 is 5.32 Å². The number of hydrogen-bond acceptors (Lipinski definition) is 4. The number of benzene rings is 1. The van der Waals surface area contributed by atoms with E-state index in [1.54, 1.807) is 17.8 Å². The molecule has 2 unspecified atom stereocenters. The molecule has 2 heterocycles. The maximum atomic E-state index is 12.3. The van der Waals surface area contributed by atoms with Crippen LogP contribution in [0.25, 0.3) is 11.0 Å². The number of hydrogen-bond donors (Lipinski definition) is 1. The molecule has 1 fully saturated rings. The molecule has 0 radical (unpaired) electrons. The standard InChI is InChI=1S/C14H17N3O3S/c1-10(14(18)16-11-6-7-21(19,20)8-11)17-9-15-12-4-2-3-5-13(12)17/h2-5,9-11H,6-8H2,1H3,(H,16,18). The third kappa shape index (κ3) is 2.78. The van der Waals surface area contributed by atoms with Crippen molar-refractivity contribution in [2.45, 2.75) is 25.4 Å². The van der Waals surface area contributed by atoms with E-state index in [4.69, 9.17) is 0 Å². The molecule has 0 saturated carbocycles. The van der Waals surface area contributed by atoms with E-state index in [9.17, 15) is 13.2 Å². The van der Waals surface area contributed by atoms with Gasteiger partial charge in [0, 0.05) is 6.04 Å². The third-order valence-electron chi connectivity index (χ3n) is 3.86. The Morgan fingerprint density at radius 1 is 1.43 bits per heavy atom. The maximum Gasteiger partial charge on any atom is 0.243 e. The Kier molecular flexibility index (Phi) is 3.44. The largest absolute Gasteiger partial charge is 0.351 e. The van der Waals surface area contributed by atoms with Crippen LogP contribution in [0.4, 0.5) is 0 Å². The van der Waals surface area contributed by atoms with Crippen molar-refractivity contribution in [3.63, 3.8) is 0 Å². The SMILES string of the molecule is CC(C(=O)NC1CCS(=O)(=O)C1)n1cnc2ccccc21. The Labute approximate surface area is 123 Å². The number of amides is 1. The Bertz CT molecular complexity index is 782. The summed E-state index contributed by atoms with van der Waals surface area (Å²) in [6.45, 7) is 1.78. The number of nitrogens with one attached hydrogen (secondary N) is 1. The van der Waals surface area contributed by atoms with Crippen molar-refractivity contribution < 1.29 is 13.2 Å². The summed E-state index contributed by atoms with van der Waals surface area (Å²) in [7, 11) is -2.99. The van der Waals surface area contributed by atoms with Gasteiger partial charge in [-0.2, -0.15) is 0 Å². The maximum absolute atomic E-state index is 12.3. The van der Waals surface area contributed by atoms with Gasteiger partial charge in [-0.05, 0) is 25.5 Å². The third-order valence-corrected chi connectivity index (χ3v) is 5.62. The molecule has 1 aromatic carbocycles. The molecule has 0 spiro atoms. The van der Waals surface area contributed by atoms with E-state index >= 15 is 0 Å². The molecule has 1 aromatic heterocycles. The predicted octanol–water partition coefficient (Wildman–Crippen LogP) is 0.901. The average Bonchev–Trinajstić information content (AvgIpc) is 3.01. The van der Waals surface area contributed by atoms with E-state index < -0.39 is 15.9 Å². The summed E-state index contributed by atoms with van der Waals surface area (Å²) in [5.41, 5.74) is 1.72. The molecule has 7 heteroatoms. The van der Waals surface area contributed by atoms with E-state index in [2.05, 4.69) is 10.3 Å². The topological polar surface area (TPSA) is 81.1 Å². The van der Waals surface area contributed by atoms with E-state index in [1.165, 1.54) is 0 Å². The smallest absolute Gasteiger partial charge is 0.243 e. The van der Waals surface area contributed by atoms with Crippen molar-refractivity contribution in [1.29, 1.82) is 0 Å². The summed E-state index contributed by atoms with van der Waals surface area (Å²) in [4.78, 5) is 16.6. The van der Waals surface area contributed by atoms with Crippen molar-refractivity contribution in [3.8, 4) is 0 Å². The van der Waals surface area contributed by atoms with Crippen LogP contribution in [0.2, 0.25) is 0 Å². The fraction of sp³-hybridized carbons (Fsp3) is 0.429. The molecular weight excluding hydrogens is 290 g/mol. The van der Waals surface area contributed by atoms with Crippen molar-refractivity contribution in [3.05, 3.63) is 30.6 Å². The zero-order valence-electron chi connectivity index (χ0n) is 11.7. The van der Waals surface area contributed by atoms with E-state index in [0.29, 0.717) is 6.42 Å². The molecule has 1 saturated heterocycles. The number of rotatable bonds is 3. The summed E-state index contributed by atoms with van der Waals surface area (Å²) >= 11 is 0. The second kappa shape index (κ2) is 5.14. The van der Waals surface area contributed by atoms with E-state index in [1.807, 2.05) is 24.3 Å². The van der Waals surface area contributed by atoms with Crippen LogP contribution in [0.1, 0.15) is 19.4 Å². The quantitative estimate of drug-likeness (QED) is 0.913. The van der Waals surface area contributed by atoms with Gasteiger partial charge in [0.15, 0.2) is 9.84 Å². The van der Waals surface area contributed by atoms with Gasteiger partial charge in [0.2, 0.25) is 5.91 Å². The van der Waals surface area contributed by atoms with Crippen LogP contribution in [0, 0.1) is 0 Å². The fourth-order valence-corrected chi connectivity index (χ4v) is 4.32. The van der Waals surface area contributed by atoms with Gasteiger partial charge in [-0.15, -0.1) is 0 Å². The second-order valence-corrected chi connectivity index (χ2v) is 7.65. The minimum Gasteiger partial charge on any atom is -0.351 e. The van der Waals surface area contributed by atoms with Crippen molar-refractivity contribution in [2.75, 3.05) is 11.5 Å². The zero-order chi connectivity index (χ0) is 15.0. The van der Waals surface area contributed by atoms with Crippen molar-refractivity contribution in [2.24, 2.45) is 0 Å². The number of carbonyl (C=O) groups is 1. The second-order valence-electron chi connectivity index (χ2n) is 5.43. The Morgan fingerprint density at radius 2 is 2.19 bits per heavy atom. The number of aromatic nitrogens is 2. The van der Waals surface area contributed by atoms with Gasteiger partial charge in [0.25, 0.3) is 0 Å². The Balaban J connectivity index is 1.76. The number of fused-ring (bicyclic) bond motifs is 1. The molecule has 6 nitrogen and oxygen atoms in total. The Morgan fingerprint density at radius 3 is 2.90 bits per heavy atom. The lowest BCUT2D eigenvalue weighted by atomic mass is 10.2. The van der Waals surface area contributed by atoms with Crippen LogP contribution in [-0.2, 0) is 14.6 Å². The van der Waals surface area contributed by atoms with Crippen LogP contribution in [0.15, 0.2) is 30.6 Å². The first-order valence-corrected chi connectivity index (χ1v) is 8.71. The molecule has 0 aliphatic carbocycles. The zero-order valence-corrected chi connectivity index (χ0v) is 12.5. The molecule has 1 N–H and O–H groups in total. The van der Waals surface area contributed by atoms with E-state index in [0.717, 1.165) is 11.0 Å². The minimum absolute atomic E-state index is 0.0378. The predicted molar refractivity (Wildman–Crippen MR) is 79.6 cm³/mol. The first-order valence-electron chi connectivity index (χ1n) is 6.89. The molecule has 0 bridgehead atoms. The molecule has 3 rings (SSSR count). The molecule has 1 aliphatic heterocycles.